The van der Waals surface area contributed by atoms with Crippen molar-refractivity contribution in [3.63, 3.8) is 0 Å². The van der Waals surface area contributed by atoms with Crippen LogP contribution in [0.15, 0.2) is 72.8 Å². The van der Waals surface area contributed by atoms with Crippen LogP contribution in [0.4, 0.5) is 0 Å². The summed E-state index contributed by atoms with van der Waals surface area (Å²) in [6, 6.07) is 24.0. The third-order valence-electron chi connectivity index (χ3n) is 4.11. The fourth-order valence-electron chi connectivity index (χ4n) is 2.72. The molecule has 4 aromatic heterocycles. The van der Waals surface area contributed by atoms with E-state index in [1.807, 2.05) is 128 Å². The SMILES string of the molecule is Cc1cccc(C)n1.Cc1cccc(C)n1.Cc1cccc(C)n1.Cc1cccc(C)n1.[Ni+2]. The zero-order valence-corrected chi connectivity index (χ0v) is 22.0. The van der Waals surface area contributed by atoms with Crippen LogP contribution >= 0.6 is 0 Å². The van der Waals surface area contributed by atoms with Crippen molar-refractivity contribution in [3.8, 4) is 0 Å². The second-order valence-corrected chi connectivity index (χ2v) is 7.68. The Morgan fingerprint density at radius 2 is 0.424 bits per heavy atom. The van der Waals surface area contributed by atoms with E-state index in [2.05, 4.69) is 19.9 Å². The summed E-state index contributed by atoms with van der Waals surface area (Å²) < 4.78 is 0. The molecular weight excluding hydrogens is 451 g/mol. The second kappa shape index (κ2) is 16.7. The largest absolute Gasteiger partial charge is 2.00 e. The molecule has 4 rings (SSSR count). The molecule has 0 amide bonds. The topological polar surface area (TPSA) is 51.6 Å². The van der Waals surface area contributed by atoms with Gasteiger partial charge >= 0.3 is 16.5 Å². The Morgan fingerprint density at radius 3 is 0.485 bits per heavy atom. The van der Waals surface area contributed by atoms with E-state index in [9.17, 15) is 0 Å². The van der Waals surface area contributed by atoms with Crippen LogP contribution in [0.2, 0.25) is 0 Å². The predicted octanol–water partition coefficient (Wildman–Crippen LogP) is 6.79. The van der Waals surface area contributed by atoms with Gasteiger partial charge in [-0.3, -0.25) is 19.9 Å². The minimum atomic E-state index is 0. The van der Waals surface area contributed by atoms with Crippen LogP contribution in [-0.4, -0.2) is 19.9 Å². The summed E-state index contributed by atoms with van der Waals surface area (Å²) in [6.07, 6.45) is 0. The predicted molar refractivity (Wildman–Crippen MR) is 135 cm³/mol. The Morgan fingerprint density at radius 1 is 0.303 bits per heavy atom. The van der Waals surface area contributed by atoms with Crippen molar-refractivity contribution < 1.29 is 16.5 Å². The Balaban J connectivity index is 0.000000410. The minimum Gasteiger partial charge on any atom is -0.258 e. The first-order chi connectivity index (χ1) is 15.2. The standard InChI is InChI=1S/4C7H9N.Ni/c4*1-6-4-3-5-7(2)8-6;/h4*3-5H,1-2H3;/q;;;;+2. The van der Waals surface area contributed by atoms with E-state index >= 15 is 0 Å². The zero-order chi connectivity index (χ0) is 23.9. The van der Waals surface area contributed by atoms with Gasteiger partial charge in [0.05, 0.1) is 0 Å². The molecule has 0 spiro atoms. The molecule has 0 atom stereocenters. The normalized spacial score (nSPS) is 8.97. The number of pyridine rings is 4. The molecule has 0 aliphatic carbocycles. The van der Waals surface area contributed by atoms with E-state index in [0.29, 0.717) is 0 Å². The van der Waals surface area contributed by atoms with Gasteiger partial charge in [-0.1, -0.05) is 24.3 Å². The Kier molecular flexibility index (Phi) is 15.2. The summed E-state index contributed by atoms with van der Waals surface area (Å²) in [5.74, 6) is 0. The van der Waals surface area contributed by atoms with Crippen molar-refractivity contribution in [1.82, 2.24) is 19.9 Å². The van der Waals surface area contributed by atoms with Gasteiger partial charge in [-0.05, 0) is 104 Å². The van der Waals surface area contributed by atoms with Gasteiger partial charge in [0.25, 0.3) is 0 Å². The van der Waals surface area contributed by atoms with Crippen LogP contribution in [0.25, 0.3) is 0 Å². The van der Waals surface area contributed by atoms with Gasteiger partial charge in [-0.15, -0.1) is 0 Å². The Labute approximate surface area is 209 Å². The van der Waals surface area contributed by atoms with Crippen molar-refractivity contribution in [2.75, 3.05) is 0 Å². The van der Waals surface area contributed by atoms with E-state index < -0.39 is 0 Å². The fourth-order valence-corrected chi connectivity index (χ4v) is 2.72. The van der Waals surface area contributed by atoms with Crippen LogP contribution in [0, 0.1) is 55.4 Å². The molecule has 5 heteroatoms. The Bertz CT molecular complexity index is 837. The molecule has 0 saturated heterocycles. The number of aromatic nitrogens is 4. The number of nitrogens with zero attached hydrogens (tertiary/aromatic N) is 4. The average Bonchev–Trinajstić information content (AvgIpc) is 2.69. The molecule has 0 aromatic carbocycles. The van der Waals surface area contributed by atoms with Crippen molar-refractivity contribution >= 4 is 0 Å². The van der Waals surface area contributed by atoms with Crippen LogP contribution < -0.4 is 0 Å². The fraction of sp³-hybridized carbons (Fsp3) is 0.286. The summed E-state index contributed by atoms with van der Waals surface area (Å²) in [5.41, 5.74) is 8.70. The van der Waals surface area contributed by atoms with E-state index in [1.165, 1.54) is 0 Å². The molecule has 4 aromatic rings. The summed E-state index contributed by atoms with van der Waals surface area (Å²) in [7, 11) is 0. The average molecular weight is 487 g/mol. The van der Waals surface area contributed by atoms with Crippen LogP contribution in [-0.2, 0) is 16.5 Å². The Hall–Kier alpha value is -2.91. The maximum Gasteiger partial charge on any atom is 2.00 e. The minimum absolute atomic E-state index is 0. The molecule has 176 valence electrons. The number of hydrogen-bond donors (Lipinski definition) is 0. The molecule has 4 nitrogen and oxygen atoms in total. The quantitative estimate of drug-likeness (QED) is 0.256. The molecular formula is C28H36N4Ni+2. The third kappa shape index (κ3) is 15.5. The molecule has 0 unspecified atom stereocenters. The first-order valence-electron chi connectivity index (χ1n) is 10.8. The van der Waals surface area contributed by atoms with Gasteiger partial charge < -0.3 is 0 Å². The van der Waals surface area contributed by atoms with Crippen LogP contribution in [0.1, 0.15) is 45.6 Å². The molecule has 0 fully saturated rings. The van der Waals surface area contributed by atoms with Gasteiger partial charge in [-0.2, -0.15) is 0 Å². The summed E-state index contributed by atoms with van der Waals surface area (Å²) in [5, 5.41) is 0. The number of aryl methyl sites for hydroxylation is 8. The van der Waals surface area contributed by atoms with Gasteiger partial charge in [0.15, 0.2) is 0 Å². The molecule has 0 N–H and O–H groups in total. The van der Waals surface area contributed by atoms with E-state index in [1.54, 1.807) is 0 Å². The maximum absolute atomic E-state index is 4.17. The number of rotatable bonds is 0. The molecule has 0 radical (unpaired) electrons. The van der Waals surface area contributed by atoms with Gasteiger partial charge in [0, 0.05) is 45.6 Å². The summed E-state index contributed by atoms with van der Waals surface area (Å²) in [4.78, 5) is 16.7. The molecule has 33 heavy (non-hydrogen) atoms. The summed E-state index contributed by atoms with van der Waals surface area (Å²) in [6.45, 7) is 15.9. The van der Waals surface area contributed by atoms with Gasteiger partial charge in [0.1, 0.15) is 0 Å². The smallest absolute Gasteiger partial charge is 0.258 e. The van der Waals surface area contributed by atoms with Crippen molar-refractivity contribution in [2.24, 2.45) is 0 Å². The van der Waals surface area contributed by atoms with Gasteiger partial charge in [0.2, 0.25) is 0 Å². The molecule has 0 saturated carbocycles. The third-order valence-corrected chi connectivity index (χ3v) is 4.11. The molecule has 0 aliphatic rings. The number of hydrogen-bond acceptors (Lipinski definition) is 4. The van der Waals surface area contributed by atoms with Crippen LogP contribution in [0.3, 0.4) is 0 Å². The molecule has 4 heterocycles. The monoisotopic (exact) mass is 486 g/mol. The maximum atomic E-state index is 4.17. The van der Waals surface area contributed by atoms with Crippen molar-refractivity contribution in [1.29, 1.82) is 0 Å². The van der Waals surface area contributed by atoms with E-state index in [0.717, 1.165) is 45.6 Å². The van der Waals surface area contributed by atoms with E-state index in [-0.39, 0.29) is 16.5 Å². The second-order valence-electron chi connectivity index (χ2n) is 7.68. The first-order valence-corrected chi connectivity index (χ1v) is 10.8. The first kappa shape index (κ1) is 30.1. The van der Waals surface area contributed by atoms with Crippen molar-refractivity contribution in [3.05, 3.63) is 118 Å². The zero-order valence-electron chi connectivity index (χ0n) is 21.0. The molecule has 0 aliphatic heterocycles. The van der Waals surface area contributed by atoms with Gasteiger partial charge in [-0.25, -0.2) is 0 Å². The van der Waals surface area contributed by atoms with E-state index in [4.69, 9.17) is 0 Å². The van der Waals surface area contributed by atoms with Crippen LogP contribution in [0.5, 0.6) is 0 Å². The molecule has 0 bridgehead atoms. The summed E-state index contributed by atoms with van der Waals surface area (Å²) >= 11 is 0. The van der Waals surface area contributed by atoms with Crippen molar-refractivity contribution in [2.45, 2.75) is 55.4 Å².